The lowest BCUT2D eigenvalue weighted by atomic mass is 10.3. The average molecular weight is 193 g/mol. The van der Waals surface area contributed by atoms with Crippen molar-refractivity contribution in [2.45, 2.75) is 0 Å². The summed E-state index contributed by atoms with van der Waals surface area (Å²) < 4.78 is 0. The third-order valence-electron chi connectivity index (χ3n) is 1.70. The van der Waals surface area contributed by atoms with Gasteiger partial charge in [0.2, 0.25) is 5.95 Å². The Kier molecular flexibility index (Phi) is 1.70. The predicted octanol–water partition coefficient (Wildman–Crippen LogP) is -0.770. The molecule has 0 saturated heterocycles. The van der Waals surface area contributed by atoms with Crippen LogP contribution in [0.5, 0.6) is 0 Å². The van der Waals surface area contributed by atoms with Crippen molar-refractivity contribution in [1.82, 2.24) is 9.97 Å². The summed E-state index contributed by atoms with van der Waals surface area (Å²) in [6, 6.07) is 0. The molecule has 1 aliphatic heterocycles. The van der Waals surface area contributed by atoms with Crippen LogP contribution in [0, 0.1) is 0 Å². The van der Waals surface area contributed by atoms with E-state index in [-0.39, 0.29) is 17.3 Å². The molecule has 0 amide bonds. The highest BCUT2D eigenvalue weighted by Gasteiger charge is 2.14. The number of carbonyl (C=O) groups excluding carboxylic acids is 1. The number of nitrogens with one attached hydrogen (secondary N) is 3. The van der Waals surface area contributed by atoms with Gasteiger partial charge in [0.1, 0.15) is 5.69 Å². The number of anilines is 3. The minimum Gasteiger partial charge on any atom is -0.369 e. The van der Waals surface area contributed by atoms with Gasteiger partial charge in [0, 0.05) is 6.20 Å². The second-order valence-corrected chi connectivity index (χ2v) is 2.66. The SMILES string of the molecule is Nc1nc2c(c(=O)[nH]1)NC(C=O)=CN2. The van der Waals surface area contributed by atoms with E-state index in [9.17, 15) is 9.59 Å². The van der Waals surface area contributed by atoms with Crippen molar-refractivity contribution in [3.05, 3.63) is 22.3 Å². The van der Waals surface area contributed by atoms with E-state index >= 15 is 0 Å². The predicted molar refractivity (Wildman–Crippen MR) is 50.7 cm³/mol. The van der Waals surface area contributed by atoms with Gasteiger partial charge in [-0.2, -0.15) is 4.98 Å². The van der Waals surface area contributed by atoms with Crippen molar-refractivity contribution in [2.75, 3.05) is 16.4 Å². The number of nitrogen functional groups attached to an aromatic ring is 1. The summed E-state index contributed by atoms with van der Waals surface area (Å²) in [5, 5.41) is 5.29. The molecule has 0 radical (unpaired) electrons. The lowest BCUT2D eigenvalue weighted by molar-refractivity contribution is -0.104. The van der Waals surface area contributed by atoms with Crippen LogP contribution < -0.4 is 21.9 Å². The molecule has 0 unspecified atom stereocenters. The Balaban J connectivity index is 2.53. The summed E-state index contributed by atoms with van der Waals surface area (Å²) in [6.45, 7) is 0. The fourth-order valence-corrected chi connectivity index (χ4v) is 1.10. The van der Waals surface area contributed by atoms with Crippen molar-refractivity contribution >= 4 is 23.7 Å². The number of hydrogen-bond donors (Lipinski definition) is 4. The fourth-order valence-electron chi connectivity index (χ4n) is 1.10. The molecule has 0 atom stereocenters. The van der Waals surface area contributed by atoms with Crippen molar-refractivity contribution < 1.29 is 4.79 Å². The van der Waals surface area contributed by atoms with E-state index in [1.54, 1.807) is 0 Å². The summed E-state index contributed by atoms with van der Waals surface area (Å²) in [5.74, 6) is 0.322. The lowest BCUT2D eigenvalue weighted by Gasteiger charge is -2.15. The highest BCUT2D eigenvalue weighted by molar-refractivity contribution is 5.85. The summed E-state index contributed by atoms with van der Waals surface area (Å²) >= 11 is 0. The zero-order chi connectivity index (χ0) is 10.1. The summed E-state index contributed by atoms with van der Waals surface area (Å²) in [4.78, 5) is 27.9. The van der Waals surface area contributed by atoms with Gasteiger partial charge in [-0.3, -0.25) is 14.6 Å². The van der Waals surface area contributed by atoms with Gasteiger partial charge < -0.3 is 16.4 Å². The Morgan fingerprint density at radius 3 is 3.00 bits per heavy atom. The number of aldehydes is 1. The number of rotatable bonds is 1. The Hall–Kier alpha value is -2.31. The minimum atomic E-state index is -0.424. The van der Waals surface area contributed by atoms with Gasteiger partial charge in [-0.1, -0.05) is 0 Å². The molecule has 0 saturated carbocycles. The Bertz CT molecular complexity index is 475. The van der Waals surface area contributed by atoms with Crippen LogP contribution in [-0.4, -0.2) is 16.3 Å². The van der Waals surface area contributed by atoms with Crippen LogP contribution in [0.3, 0.4) is 0 Å². The number of H-pyrrole nitrogens is 1. The zero-order valence-electron chi connectivity index (χ0n) is 7.00. The van der Waals surface area contributed by atoms with Crippen LogP contribution in [0.4, 0.5) is 17.5 Å². The molecule has 2 heterocycles. The zero-order valence-corrected chi connectivity index (χ0v) is 7.00. The first-order valence-corrected chi connectivity index (χ1v) is 3.79. The van der Waals surface area contributed by atoms with Crippen molar-refractivity contribution in [1.29, 1.82) is 0 Å². The van der Waals surface area contributed by atoms with Crippen molar-refractivity contribution in [3.8, 4) is 0 Å². The Labute approximate surface area is 78.0 Å². The third kappa shape index (κ3) is 1.20. The summed E-state index contributed by atoms with van der Waals surface area (Å²) in [5.41, 5.74) is 5.34. The highest BCUT2D eigenvalue weighted by atomic mass is 16.1. The van der Waals surface area contributed by atoms with Crippen LogP contribution in [0.1, 0.15) is 0 Å². The second kappa shape index (κ2) is 2.87. The van der Waals surface area contributed by atoms with Crippen LogP contribution in [0.25, 0.3) is 0 Å². The largest absolute Gasteiger partial charge is 0.369 e. The maximum absolute atomic E-state index is 11.3. The van der Waals surface area contributed by atoms with Gasteiger partial charge in [-0.25, -0.2) is 0 Å². The number of aromatic nitrogens is 2. The molecule has 2 rings (SSSR count). The van der Waals surface area contributed by atoms with E-state index in [4.69, 9.17) is 5.73 Å². The third-order valence-corrected chi connectivity index (χ3v) is 1.70. The monoisotopic (exact) mass is 193 g/mol. The number of allylic oxidation sites excluding steroid dienone is 1. The molecule has 1 aromatic heterocycles. The normalized spacial score (nSPS) is 13.3. The number of carbonyl (C=O) groups is 1. The van der Waals surface area contributed by atoms with Crippen LogP contribution in [0.15, 0.2) is 16.7 Å². The standard InChI is InChI=1S/C7H7N5O2/c8-7-11-5-4(6(14)12-7)10-3(2-13)1-9-5/h1-2,10H,(H4,8,9,11,12,14). The molecular weight excluding hydrogens is 186 g/mol. The molecule has 0 fully saturated rings. The molecule has 7 heteroatoms. The lowest BCUT2D eigenvalue weighted by Crippen LogP contribution is -2.23. The molecule has 7 nitrogen and oxygen atoms in total. The molecular formula is C7H7N5O2. The molecule has 0 aliphatic carbocycles. The number of nitrogens with two attached hydrogens (primary N) is 1. The quantitative estimate of drug-likeness (QED) is 0.435. The highest BCUT2D eigenvalue weighted by Crippen LogP contribution is 2.19. The van der Waals surface area contributed by atoms with Gasteiger partial charge in [0.15, 0.2) is 12.1 Å². The number of hydrogen-bond acceptors (Lipinski definition) is 6. The van der Waals surface area contributed by atoms with E-state index in [0.717, 1.165) is 0 Å². The van der Waals surface area contributed by atoms with E-state index in [0.29, 0.717) is 12.1 Å². The van der Waals surface area contributed by atoms with Gasteiger partial charge >= 0.3 is 0 Å². The molecule has 72 valence electrons. The van der Waals surface area contributed by atoms with Crippen molar-refractivity contribution in [3.63, 3.8) is 0 Å². The smallest absolute Gasteiger partial charge is 0.278 e. The number of fused-ring (bicyclic) bond motifs is 1. The first-order chi connectivity index (χ1) is 6.70. The minimum absolute atomic E-state index is 0.0194. The molecule has 0 bridgehead atoms. The summed E-state index contributed by atoms with van der Waals surface area (Å²) in [7, 11) is 0. The maximum atomic E-state index is 11.3. The number of aromatic amines is 1. The van der Waals surface area contributed by atoms with Crippen LogP contribution in [-0.2, 0) is 4.79 Å². The maximum Gasteiger partial charge on any atom is 0.278 e. The van der Waals surface area contributed by atoms with Crippen LogP contribution >= 0.6 is 0 Å². The van der Waals surface area contributed by atoms with E-state index in [1.807, 2.05) is 0 Å². The molecule has 5 N–H and O–H groups in total. The molecule has 0 spiro atoms. The molecule has 1 aliphatic rings. The average Bonchev–Trinajstić information content (AvgIpc) is 2.17. The van der Waals surface area contributed by atoms with Crippen LogP contribution in [0.2, 0.25) is 0 Å². The topological polar surface area (TPSA) is 113 Å². The Morgan fingerprint density at radius 2 is 2.29 bits per heavy atom. The van der Waals surface area contributed by atoms with E-state index in [1.165, 1.54) is 6.20 Å². The molecule has 0 aromatic carbocycles. The molecule has 1 aromatic rings. The summed E-state index contributed by atoms with van der Waals surface area (Å²) in [6.07, 6.45) is 1.99. The van der Waals surface area contributed by atoms with Gasteiger partial charge in [0.05, 0.1) is 5.70 Å². The first kappa shape index (κ1) is 8.30. The van der Waals surface area contributed by atoms with Crippen molar-refractivity contribution in [2.24, 2.45) is 0 Å². The van der Waals surface area contributed by atoms with E-state index in [2.05, 4.69) is 20.6 Å². The number of nitrogens with zero attached hydrogens (tertiary/aromatic N) is 1. The first-order valence-electron chi connectivity index (χ1n) is 3.79. The fraction of sp³-hybridized carbons (Fsp3) is 0. The molecule has 14 heavy (non-hydrogen) atoms. The second-order valence-electron chi connectivity index (χ2n) is 2.66. The Morgan fingerprint density at radius 1 is 1.50 bits per heavy atom. The van der Waals surface area contributed by atoms with Gasteiger partial charge in [-0.15, -0.1) is 0 Å². The van der Waals surface area contributed by atoms with Gasteiger partial charge in [-0.05, 0) is 0 Å². The van der Waals surface area contributed by atoms with Gasteiger partial charge in [0.25, 0.3) is 5.56 Å². The van der Waals surface area contributed by atoms with E-state index < -0.39 is 5.56 Å².